The van der Waals surface area contributed by atoms with E-state index < -0.39 is 22.9 Å². The zero-order valence-corrected chi connectivity index (χ0v) is 18.1. The predicted octanol–water partition coefficient (Wildman–Crippen LogP) is 2.70. The number of hydrogen-bond donors (Lipinski definition) is 4. The Morgan fingerprint density at radius 1 is 0.714 bits per heavy atom. The SMILES string of the molecule is CC(=O)NC(C)(C)C(=O)Nc1cc(Cl)c(Cl)cc1NC(=O)C(C)(C)NC(C)=O. The van der Waals surface area contributed by atoms with E-state index in [9.17, 15) is 19.2 Å². The van der Waals surface area contributed by atoms with Crippen LogP contribution < -0.4 is 21.3 Å². The fourth-order valence-electron chi connectivity index (χ4n) is 2.30. The van der Waals surface area contributed by atoms with Crippen molar-refractivity contribution >= 4 is 58.2 Å². The molecule has 28 heavy (non-hydrogen) atoms. The van der Waals surface area contributed by atoms with Crippen LogP contribution in [0.25, 0.3) is 0 Å². The van der Waals surface area contributed by atoms with E-state index in [1.165, 1.54) is 53.7 Å². The first-order valence-electron chi connectivity index (χ1n) is 8.35. The third-order valence-electron chi connectivity index (χ3n) is 3.67. The van der Waals surface area contributed by atoms with Gasteiger partial charge in [-0.1, -0.05) is 23.2 Å². The first-order valence-corrected chi connectivity index (χ1v) is 9.11. The molecule has 0 saturated carbocycles. The molecule has 0 heterocycles. The van der Waals surface area contributed by atoms with Crippen molar-refractivity contribution in [3.05, 3.63) is 22.2 Å². The van der Waals surface area contributed by atoms with Gasteiger partial charge >= 0.3 is 0 Å². The van der Waals surface area contributed by atoms with E-state index in [0.29, 0.717) is 0 Å². The molecule has 8 nitrogen and oxygen atoms in total. The van der Waals surface area contributed by atoms with Gasteiger partial charge in [-0.15, -0.1) is 0 Å². The molecule has 1 rings (SSSR count). The molecular weight excluding hydrogens is 407 g/mol. The molecule has 0 radical (unpaired) electrons. The van der Waals surface area contributed by atoms with Crippen LogP contribution in [0.5, 0.6) is 0 Å². The molecule has 10 heteroatoms. The molecular formula is C18H24Cl2N4O4. The Morgan fingerprint density at radius 3 is 1.25 bits per heavy atom. The molecule has 4 amide bonds. The quantitative estimate of drug-likeness (QED) is 0.554. The zero-order valence-electron chi connectivity index (χ0n) is 16.5. The van der Waals surface area contributed by atoms with Crippen LogP contribution in [0.15, 0.2) is 12.1 Å². The first-order chi connectivity index (χ1) is 12.7. The summed E-state index contributed by atoms with van der Waals surface area (Å²) in [5.74, 6) is -1.81. The van der Waals surface area contributed by atoms with E-state index in [4.69, 9.17) is 23.2 Å². The van der Waals surface area contributed by atoms with Crippen molar-refractivity contribution in [2.75, 3.05) is 10.6 Å². The number of carbonyl (C=O) groups excluding carboxylic acids is 4. The third kappa shape index (κ3) is 6.38. The van der Waals surface area contributed by atoms with E-state index in [-0.39, 0.29) is 33.2 Å². The molecule has 154 valence electrons. The number of hydrogen-bond acceptors (Lipinski definition) is 4. The van der Waals surface area contributed by atoms with E-state index in [0.717, 1.165) is 0 Å². The van der Waals surface area contributed by atoms with Crippen LogP contribution in [0.4, 0.5) is 11.4 Å². The monoisotopic (exact) mass is 430 g/mol. The van der Waals surface area contributed by atoms with Gasteiger partial charge in [-0.05, 0) is 39.8 Å². The third-order valence-corrected chi connectivity index (χ3v) is 4.39. The highest BCUT2D eigenvalue weighted by Gasteiger charge is 2.31. The summed E-state index contributed by atoms with van der Waals surface area (Å²) >= 11 is 12.1. The van der Waals surface area contributed by atoms with E-state index in [2.05, 4.69) is 21.3 Å². The van der Waals surface area contributed by atoms with Crippen molar-refractivity contribution in [3.8, 4) is 0 Å². The molecule has 1 aromatic carbocycles. The topological polar surface area (TPSA) is 116 Å². The minimum atomic E-state index is -1.21. The molecule has 0 spiro atoms. The van der Waals surface area contributed by atoms with Crippen molar-refractivity contribution < 1.29 is 19.2 Å². The Hall–Kier alpha value is -2.32. The lowest BCUT2D eigenvalue weighted by Gasteiger charge is -2.27. The molecule has 0 saturated heterocycles. The molecule has 4 N–H and O–H groups in total. The summed E-state index contributed by atoms with van der Waals surface area (Å²) < 4.78 is 0. The Bertz CT molecular complexity index is 755. The Morgan fingerprint density at radius 2 is 1.00 bits per heavy atom. The summed E-state index contributed by atoms with van der Waals surface area (Å²) in [6.07, 6.45) is 0. The van der Waals surface area contributed by atoms with Crippen LogP contribution in [-0.4, -0.2) is 34.7 Å². The average molecular weight is 431 g/mol. The normalized spacial score (nSPS) is 11.4. The van der Waals surface area contributed by atoms with Gasteiger partial charge in [0.1, 0.15) is 11.1 Å². The Kier molecular flexibility index (Phi) is 7.45. The second-order valence-electron chi connectivity index (χ2n) is 7.33. The molecule has 0 aliphatic heterocycles. The van der Waals surface area contributed by atoms with Gasteiger partial charge in [-0.2, -0.15) is 0 Å². The van der Waals surface area contributed by atoms with Gasteiger partial charge in [0.15, 0.2) is 0 Å². The molecule has 0 unspecified atom stereocenters. The molecule has 0 atom stereocenters. The highest BCUT2D eigenvalue weighted by atomic mass is 35.5. The molecule has 1 aromatic rings. The van der Waals surface area contributed by atoms with Gasteiger partial charge in [-0.25, -0.2) is 0 Å². The van der Waals surface area contributed by atoms with Gasteiger partial charge in [0.25, 0.3) is 0 Å². The average Bonchev–Trinajstić information content (AvgIpc) is 2.49. The smallest absolute Gasteiger partial charge is 0.249 e. The maximum absolute atomic E-state index is 12.6. The van der Waals surface area contributed by atoms with Crippen molar-refractivity contribution in [1.29, 1.82) is 0 Å². The summed E-state index contributed by atoms with van der Waals surface area (Å²) in [6, 6.07) is 2.76. The van der Waals surface area contributed by atoms with Gasteiger partial charge in [-0.3, -0.25) is 19.2 Å². The van der Waals surface area contributed by atoms with Crippen molar-refractivity contribution in [3.63, 3.8) is 0 Å². The van der Waals surface area contributed by atoms with Crippen LogP contribution in [0.1, 0.15) is 41.5 Å². The predicted molar refractivity (Wildman–Crippen MR) is 110 cm³/mol. The minimum Gasteiger partial charge on any atom is -0.342 e. The standard InChI is InChI=1S/C18H24Cl2N4O4/c1-9(25)23-17(3,4)15(27)21-13-7-11(19)12(20)8-14(13)22-16(28)18(5,6)24-10(2)26/h7-8H,1-6H3,(H,21,27)(H,22,28)(H,23,25)(H,24,26). The lowest BCUT2D eigenvalue weighted by atomic mass is 10.0. The number of anilines is 2. The van der Waals surface area contributed by atoms with Crippen molar-refractivity contribution in [2.24, 2.45) is 0 Å². The van der Waals surface area contributed by atoms with Crippen molar-refractivity contribution in [1.82, 2.24) is 10.6 Å². The molecule has 0 fully saturated rings. The van der Waals surface area contributed by atoms with Crippen LogP contribution in [0, 0.1) is 0 Å². The number of nitrogens with one attached hydrogen (secondary N) is 4. The van der Waals surface area contributed by atoms with Crippen molar-refractivity contribution in [2.45, 2.75) is 52.6 Å². The van der Waals surface area contributed by atoms with Gasteiger partial charge < -0.3 is 21.3 Å². The van der Waals surface area contributed by atoms with E-state index in [1.807, 2.05) is 0 Å². The number of rotatable bonds is 6. The highest BCUT2D eigenvalue weighted by Crippen LogP contribution is 2.33. The molecule has 0 aliphatic rings. The Labute approximate surface area is 173 Å². The molecule has 0 aliphatic carbocycles. The summed E-state index contributed by atoms with van der Waals surface area (Å²) in [7, 11) is 0. The fourth-order valence-corrected chi connectivity index (χ4v) is 2.63. The number of halogens is 2. The Balaban J connectivity index is 3.19. The first kappa shape index (κ1) is 23.7. The zero-order chi connectivity index (χ0) is 21.9. The number of carbonyl (C=O) groups is 4. The van der Waals surface area contributed by atoms with Crippen LogP contribution in [-0.2, 0) is 19.2 Å². The van der Waals surface area contributed by atoms with Crippen LogP contribution >= 0.6 is 23.2 Å². The van der Waals surface area contributed by atoms with Crippen LogP contribution in [0.2, 0.25) is 10.0 Å². The van der Waals surface area contributed by atoms with Gasteiger partial charge in [0, 0.05) is 13.8 Å². The van der Waals surface area contributed by atoms with E-state index >= 15 is 0 Å². The highest BCUT2D eigenvalue weighted by molar-refractivity contribution is 6.42. The second kappa shape index (κ2) is 8.79. The van der Waals surface area contributed by atoms with Crippen LogP contribution in [0.3, 0.4) is 0 Å². The number of amides is 4. The molecule has 0 aromatic heterocycles. The number of benzene rings is 1. The summed E-state index contributed by atoms with van der Waals surface area (Å²) in [5, 5.41) is 10.6. The van der Waals surface area contributed by atoms with Gasteiger partial charge in [0.05, 0.1) is 21.4 Å². The fraction of sp³-hybridized carbons (Fsp3) is 0.444. The lowest BCUT2D eigenvalue weighted by Crippen LogP contribution is -2.52. The lowest BCUT2D eigenvalue weighted by molar-refractivity contribution is -0.128. The minimum absolute atomic E-state index is 0.161. The van der Waals surface area contributed by atoms with Gasteiger partial charge in [0.2, 0.25) is 23.6 Å². The summed E-state index contributed by atoms with van der Waals surface area (Å²) in [6.45, 7) is 8.70. The van der Waals surface area contributed by atoms with E-state index in [1.54, 1.807) is 0 Å². The molecule has 0 bridgehead atoms. The largest absolute Gasteiger partial charge is 0.342 e. The maximum Gasteiger partial charge on any atom is 0.249 e. The maximum atomic E-state index is 12.6. The summed E-state index contributed by atoms with van der Waals surface area (Å²) in [4.78, 5) is 47.8. The summed E-state index contributed by atoms with van der Waals surface area (Å²) in [5.41, 5.74) is -2.06. The second-order valence-corrected chi connectivity index (χ2v) is 8.15.